The molecule has 0 spiro atoms. The lowest BCUT2D eigenvalue weighted by atomic mass is 10.1. The summed E-state index contributed by atoms with van der Waals surface area (Å²) in [7, 11) is 5.68. The van der Waals surface area contributed by atoms with Gasteiger partial charge in [0.25, 0.3) is 0 Å². The highest BCUT2D eigenvalue weighted by atomic mass is 16.5. The van der Waals surface area contributed by atoms with E-state index in [1.165, 1.54) is 0 Å². The average Bonchev–Trinajstić information content (AvgIpc) is 3.64. The minimum absolute atomic E-state index is 0.0389. The van der Waals surface area contributed by atoms with Gasteiger partial charge in [-0.1, -0.05) is 19.1 Å². The van der Waals surface area contributed by atoms with Crippen molar-refractivity contribution in [1.82, 2.24) is 38.9 Å². The van der Waals surface area contributed by atoms with E-state index in [4.69, 9.17) is 24.7 Å². The standard InChI is InChI=1S/C27H35N9O2/c1-5-21-28-19-8-6-7-9-20(19)36(21)27-30-24-23(25(31-27)35-12-14-38-15-13-35)29-22(33(24)4)17-34-11-10-18(16-34)26(37)32(2)3/h6-9,18H,5,10-17H2,1-4H3/t18-/m1/s1. The summed E-state index contributed by atoms with van der Waals surface area (Å²) >= 11 is 0. The normalized spacial score (nSPS) is 18.6. The fraction of sp³-hybridized carbons (Fsp3) is 0.519. The highest BCUT2D eigenvalue weighted by Gasteiger charge is 2.31. The molecule has 1 amide bonds. The van der Waals surface area contributed by atoms with E-state index in [2.05, 4.69) is 31.9 Å². The van der Waals surface area contributed by atoms with Gasteiger partial charge in [0, 0.05) is 47.2 Å². The van der Waals surface area contributed by atoms with E-state index in [1.807, 2.05) is 39.3 Å². The lowest BCUT2D eigenvalue weighted by Crippen LogP contribution is -2.37. The predicted octanol–water partition coefficient (Wildman–Crippen LogP) is 2.01. The molecule has 0 N–H and O–H groups in total. The van der Waals surface area contributed by atoms with E-state index < -0.39 is 0 Å². The third kappa shape index (κ3) is 4.29. The van der Waals surface area contributed by atoms with Crippen LogP contribution in [0.5, 0.6) is 0 Å². The molecule has 11 nitrogen and oxygen atoms in total. The topological polar surface area (TPSA) is 97.4 Å². The van der Waals surface area contributed by atoms with Gasteiger partial charge >= 0.3 is 0 Å². The number of hydrogen-bond acceptors (Lipinski definition) is 8. The number of anilines is 1. The summed E-state index contributed by atoms with van der Waals surface area (Å²) in [6, 6.07) is 8.12. The fourth-order valence-corrected chi connectivity index (χ4v) is 5.60. The molecule has 38 heavy (non-hydrogen) atoms. The van der Waals surface area contributed by atoms with Crippen LogP contribution >= 0.6 is 0 Å². The highest BCUT2D eigenvalue weighted by Crippen LogP contribution is 2.29. The second kappa shape index (κ2) is 9.95. The number of fused-ring (bicyclic) bond motifs is 2. The fourth-order valence-electron chi connectivity index (χ4n) is 5.60. The molecule has 0 aliphatic carbocycles. The maximum atomic E-state index is 12.5. The van der Waals surface area contributed by atoms with E-state index >= 15 is 0 Å². The first-order chi connectivity index (χ1) is 18.4. The van der Waals surface area contributed by atoms with Crippen molar-refractivity contribution in [1.29, 1.82) is 0 Å². The van der Waals surface area contributed by atoms with Crippen LogP contribution in [-0.2, 0) is 29.5 Å². The molecule has 200 valence electrons. The minimum Gasteiger partial charge on any atom is -0.378 e. The monoisotopic (exact) mass is 517 g/mol. The zero-order chi connectivity index (χ0) is 26.4. The lowest BCUT2D eigenvalue weighted by molar-refractivity contribution is -0.132. The van der Waals surface area contributed by atoms with Gasteiger partial charge in [0.15, 0.2) is 17.0 Å². The largest absolute Gasteiger partial charge is 0.378 e. The summed E-state index contributed by atoms with van der Waals surface area (Å²) in [4.78, 5) is 38.9. The molecule has 2 fully saturated rings. The number of carbonyl (C=O) groups excluding carboxylic acids is 1. The summed E-state index contributed by atoms with van der Waals surface area (Å²) in [5.41, 5.74) is 3.53. The van der Waals surface area contributed by atoms with E-state index in [0.717, 1.165) is 78.7 Å². The molecular weight excluding hydrogens is 482 g/mol. The molecule has 0 bridgehead atoms. The molecule has 2 saturated heterocycles. The highest BCUT2D eigenvalue weighted by molar-refractivity contribution is 5.86. The Balaban J connectivity index is 1.43. The van der Waals surface area contributed by atoms with Crippen LogP contribution < -0.4 is 4.90 Å². The summed E-state index contributed by atoms with van der Waals surface area (Å²) in [5, 5.41) is 0. The van der Waals surface area contributed by atoms with Gasteiger partial charge in [-0.2, -0.15) is 9.97 Å². The Morgan fingerprint density at radius 3 is 2.61 bits per heavy atom. The van der Waals surface area contributed by atoms with E-state index in [9.17, 15) is 4.79 Å². The van der Waals surface area contributed by atoms with Crippen molar-refractivity contribution in [2.45, 2.75) is 26.3 Å². The number of aromatic nitrogens is 6. The number of aryl methyl sites for hydroxylation is 2. The Labute approximate surface area is 222 Å². The Bertz CT molecular complexity index is 1490. The van der Waals surface area contributed by atoms with E-state index in [0.29, 0.717) is 25.7 Å². The quantitative estimate of drug-likeness (QED) is 0.383. The van der Waals surface area contributed by atoms with Gasteiger partial charge in [-0.15, -0.1) is 0 Å². The number of imidazole rings is 2. The van der Waals surface area contributed by atoms with Crippen LogP contribution in [0.4, 0.5) is 5.82 Å². The van der Waals surface area contributed by atoms with Crippen LogP contribution in [-0.4, -0.2) is 98.3 Å². The third-order valence-electron chi connectivity index (χ3n) is 7.67. The van der Waals surface area contributed by atoms with Crippen molar-refractivity contribution in [2.75, 3.05) is 58.4 Å². The average molecular weight is 518 g/mol. The number of morpholine rings is 1. The van der Waals surface area contributed by atoms with Crippen LogP contribution in [0.3, 0.4) is 0 Å². The number of para-hydroxylation sites is 2. The number of nitrogens with zero attached hydrogens (tertiary/aromatic N) is 9. The predicted molar refractivity (Wildman–Crippen MR) is 145 cm³/mol. The number of hydrogen-bond donors (Lipinski definition) is 0. The molecule has 11 heteroatoms. The first-order valence-corrected chi connectivity index (χ1v) is 13.4. The minimum atomic E-state index is 0.0389. The maximum absolute atomic E-state index is 12.5. The van der Waals surface area contributed by atoms with Crippen LogP contribution in [0.25, 0.3) is 28.1 Å². The second-order valence-electron chi connectivity index (χ2n) is 10.4. The first-order valence-electron chi connectivity index (χ1n) is 13.4. The zero-order valence-electron chi connectivity index (χ0n) is 22.6. The Morgan fingerprint density at radius 1 is 1.05 bits per heavy atom. The van der Waals surface area contributed by atoms with Crippen molar-refractivity contribution in [3.8, 4) is 5.95 Å². The molecular formula is C27H35N9O2. The van der Waals surface area contributed by atoms with Gasteiger partial charge in [0.2, 0.25) is 11.9 Å². The van der Waals surface area contributed by atoms with Crippen molar-refractivity contribution in [2.24, 2.45) is 13.0 Å². The summed E-state index contributed by atoms with van der Waals surface area (Å²) in [6.45, 7) is 7.21. The van der Waals surface area contributed by atoms with Crippen molar-refractivity contribution >= 4 is 33.9 Å². The van der Waals surface area contributed by atoms with Crippen molar-refractivity contribution < 1.29 is 9.53 Å². The second-order valence-corrected chi connectivity index (χ2v) is 10.4. The van der Waals surface area contributed by atoms with Crippen LogP contribution in [0, 0.1) is 5.92 Å². The summed E-state index contributed by atoms with van der Waals surface area (Å²) in [5.74, 6) is 3.52. The molecule has 4 aromatic rings. The zero-order valence-corrected chi connectivity index (χ0v) is 22.6. The van der Waals surface area contributed by atoms with E-state index in [-0.39, 0.29) is 11.8 Å². The Kier molecular flexibility index (Phi) is 6.48. The van der Waals surface area contributed by atoms with E-state index in [1.54, 1.807) is 4.90 Å². The third-order valence-corrected chi connectivity index (χ3v) is 7.67. The smallest absolute Gasteiger partial charge is 0.239 e. The molecule has 6 rings (SSSR count). The molecule has 2 aliphatic rings. The van der Waals surface area contributed by atoms with Gasteiger partial charge in [0.05, 0.1) is 36.7 Å². The van der Waals surface area contributed by atoms with Crippen LogP contribution in [0.2, 0.25) is 0 Å². The van der Waals surface area contributed by atoms with Gasteiger partial charge in [-0.25, -0.2) is 9.97 Å². The van der Waals surface area contributed by atoms with Gasteiger partial charge in [-0.3, -0.25) is 14.3 Å². The molecule has 0 saturated carbocycles. The summed E-state index contributed by atoms with van der Waals surface area (Å²) in [6.07, 6.45) is 1.64. The van der Waals surface area contributed by atoms with Gasteiger partial charge < -0.3 is 19.1 Å². The lowest BCUT2D eigenvalue weighted by Gasteiger charge is -2.28. The van der Waals surface area contributed by atoms with Crippen LogP contribution in [0.1, 0.15) is 25.0 Å². The molecule has 1 atom stereocenters. The van der Waals surface area contributed by atoms with Crippen molar-refractivity contribution in [3.05, 3.63) is 35.9 Å². The van der Waals surface area contributed by atoms with Crippen molar-refractivity contribution in [3.63, 3.8) is 0 Å². The molecule has 3 aromatic heterocycles. The Morgan fingerprint density at radius 2 is 1.84 bits per heavy atom. The number of likely N-dealkylation sites (tertiary alicyclic amines) is 1. The maximum Gasteiger partial charge on any atom is 0.239 e. The number of carbonyl (C=O) groups is 1. The van der Waals surface area contributed by atoms with Gasteiger partial charge in [-0.05, 0) is 25.1 Å². The molecule has 5 heterocycles. The van der Waals surface area contributed by atoms with Crippen LogP contribution in [0.15, 0.2) is 24.3 Å². The first kappa shape index (κ1) is 24.7. The Hall–Kier alpha value is -3.57. The SMILES string of the molecule is CCc1nc2ccccc2n1-c1nc(N2CCOCC2)c2nc(CN3CC[C@@H](C(=O)N(C)C)C3)n(C)c2n1. The molecule has 2 aliphatic heterocycles. The molecule has 1 aromatic carbocycles. The number of benzene rings is 1. The molecule has 0 radical (unpaired) electrons. The summed E-state index contributed by atoms with van der Waals surface area (Å²) < 4.78 is 9.78. The number of amides is 1. The van der Waals surface area contributed by atoms with Gasteiger partial charge in [0.1, 0.15) is 11.6 Å². The number of rotatable bonds is 6. The number of ether oxygens (including phenoxy) is 1. The molecule has 0 unspecified atom stereocenters.